The summed E-state index contributed by atoms with van der Waals surface area (Å²) in [6.45, 7) is 7.45. The fourth-order valence-electron chi connectivity index (χ4n) is 2.06. The quantitative estimate of drug-likeness (QED) is 0.750. The van der Waals surface area contributed by atoms with Gasteiger partial charge in [0.1, 0.15) is 0 Å². The molecule has 0 spiro atoms. The molecule has 6 nitrogen and oxygen atoms in total. The van der Waals surface area contributed by atoms with E-state index in [1.807, 2.05) is 0 Å². The first-order valence-electron chi connectivity index (χ1n) is 7.00. The molecule has 0 fully saturated rings. The molecule has 0 unspecified atom stereocenters. The van der Waals surface area contributed by atoms with Gasteiger partial charge in [0, 0.05) is 6.54 Å². The van der Waals surface area contributed by atoms with E-state index >= 15 is 0 Å². The Labute approximate surface area is 142 Å². The number of aromatic nitrogens is 1. The van der Waals surface area contributed by atoms with Crippen LogP contribution in [0.25, 0.3) is 12.7 Å². The van der Waals surface area contributed by atoms with E-state index in [0.717, 1.165) is 5.56 Å². The zero-order valence-corrected chi connectivity index (χ0v) is 14.0. The van der Waals surface area contributed by atoms with Crippen LogP contribution >= 0.6 is 11.3 Å². The van der Waals surface area contributed by atoms with Crippen LogP contribution in [0.2, 0.25) is 0 Å². The average Bonchev–Trinajstić information content (AvgIpc) is 2.81. The standard InChI is InChI=1S/C17H17NO5S/c1-4-7-18-11(2)24-15(17(18)21)9-12-5-6-13(14(8-12)22-3)23-10-16(19)20/h4-6,8-9H,1-2,7,10H2,3H3,(H,19,20)/b15-9-. The van der Waals surface area contributed by atoms with Gasteiger partial charge in [0.05, 0.1) is 16.3 Å². The summed E-state index contributed by atoms with van der Waals surface area (Å²) in [5, 5.41) is 8.67. The number of carbonyl (C=O) groups is 1. The third kappa shape index (κ3) is 3.94. The van der Waals surface area contributed by atoms with Crippen molar-refractivity contribution in [1.29, 1.82) is 0 Å². The molecule has 0 aliphatic heterocycles. The Hall–Kier alpha value is -2.80. The maximum Gasteiger partial charge on any atom is 0.341 e. The van der Waals surface area contributed by atoms with E-state index in [0.29, 0.717) is 27.2 Å². The van der Waals surface area contributed by atoms with E-state index in [4.69, 9.17) is 14.6 Å². The van der Waals surface area contributed by atoms with Gasteiger partial charge in [-0.15, -0.1) is 17.9 Å². The first kappa shape index (κ1) is 17.6. The number of rotatable bonds is 7. The van der Waals surface area contributed by atoms with Crippen molar-refractivity contribution in [2.75, 3.05) is 13.7 Å². The van der Waals surface area contributed by atoms with Crippen molar-refractivity contribution < 1.29 is 19.4 Å². The Balaban J connectivity index is 2.42. The van der Waals surface area contributed by atoms with Crippen LogP contribution in [0.4, 0.5) is 0 Å². The molecule has 24 heavy (non-hydrogen) atoms. The number of carboxylic acids is 1. The third-order valence-corrected chi connectivity index (χ3v) is 4.10. The molecule has 0 amide bonds. The molecule has 7 heteroatoms. The Morgan fingerprint density at radius 2 is 2.17 bits per heavy atom. The molecule has 126 valence electrons. The highest BCUT2D eigenvalue weighted by Gasteiger charge is 2.08. The van der Waals surface area contributed by atoms with Gasteiger partial charge in [0.2, 0.25) is 0 Å². The van der Waals surface area contributed by atoms with Gasteiger partial charge < -0.3 is 14.6 Å². The van der Waals surface area contributed by atoms with Gasteiger partial charge in [0.25, 0.3) is 5.56 Å². The predicted molar refractivity (Wildman–Crippen MR) is 93.2 cm³/mol. The molecule has 0 atom stereocenters. The molecular weight excluding hydrogens is 330 g/mol. The molecule has 2 aromatic rings. The van der Waals surface area contributed by atoms with Gasteiger partial charge in [-0.2, -0.15) is 0 Å². The second-order valence-electron chi connectivity index (χ2n) is 4.80. The Morgan fingerprint density at radius 1 is 1.42 bits per heavy atom. The van der Waals surface area contributed by atoms with Crippen LogP contribution in [-0.2, 0) is 11.3 Å². The van der Waals surface area contributed by atoms with E-state index in [2.05, 4.69) is 13.2 Å². The van der Waals surface area contributed by atoms with Crippen LogP contribution in [0, 0.1) is 0 Å². The van der Waals surface area contributed by atoms with Gasteiger partial charge in [-0.05, 0) is 23.8 Å². The summed E-state index contributed by atoms with van der Waals surface area (Å²) in [6.07, 6.45) is 3.37. The van der Waals surface area contributed by atoms with Crippen LogP contribution < -0.4 is 24.2 Å². The van der Waals surface area contributed by atoms with Gasteiger partial charge in [-0.1, -0.05) is 18.7 Å². The number of methoxy groups -OCH3 is 1. The molecule has 0 bridgehead atoms. The van der Waals surface area contributed by atoms with Crippen LogP contribution in [0.5, 0.6) is 11.5 Å². The molecule has 1 aromatic carbocycles. The van der Waals surface area contributed by atoms with Gasteiger partial charge >= 0.3 is 5.97 Å². The molecule has 0 saturated carbocycles. The number of carboxylic acid groups (broad SMARTS) is 1. The molecule has 0 saturated heterocycles. The van der Waals surface area contributed by atoms with Crippen molar-refractivity contribution in [1.82, 2.24) is 4.57 Å². The van der Waals surface area contributed by atoms with E-state index < -0.39 is 12.6 Å². The lowest BCUT2D eigenvalue weighted by molar-refractivity contribution is -0.139. The minimum atomic E-state index is -1.07. The average molecular weight is 347 g/mol. The zero-order chi connectivity index (χ0) is 17.7. The van der Waals surface area contributed by atoms with Gasteiger partial charge in [-0.25, -0.2) is 4.79 Å². The maximum atomic E-state index is 12.3. The lowest BCUT2D eigenvalue weighted by atomic mass is 10.2. The highest BCUT2D eigenvalue weighted by atomic mass is 32.1. The van der Waals surface area contributed by atoms with Crippen LogP contribution in [0.3, 0.4) is 0 Å². The number of aliphatic carboxylic acids is 1. The normalized spacial score (nSPS) is 11.3. The zero-order valence-electron chi connectivity index (χ0n) is 13.2. The van der Waals surface area contributed by atoms with Crippen molar-refractivity contribution in [3.63, 3.8) is 0 Å². The van der Waals surface area contributed by atoms with E-state index in [1.54, 1.807) is 34.9 Å². The Kier molecular flexibility index (Phi) is 5.59. The summed E-state index contributed by atoms with van der Waals surface area (Å²) in [6, 6.07) is 5.00. The minimum absolute atomic E-state index is 0.130. The summed E-state index contributed by atoms with van der Waals surface area (Å²) in [4.78, 5) is 22.9. The van der Waals surface area contributed by atoms with Crippen molar-refractivity contribution in [2.24, 2.45) is 0 Å². The summed E-state index contributed by atoms with van der Waals surface area (Å²) < 4.78 is 13.1. The van der Waals surface area contributed by atoms with Gasteiger partial charge in [0.15, 0.2) is 18.1 Å². The topological polar surface area (TPSA) is 77.8 Å². The number of thiazole rings is 1. The second kappa shape index (κ2) is 7.65. The van der Waals surface area contributed by atoms with Crippen molar-refractivity contribution in [2.45, 2.75) is 6.54 Å². The first-order valence-corrected chi connectivity index (χ1v) is 7.81. The summed E-state index contributed by atoms with van der Waals surface area (Å²) >= 11 is 1.29. The smallest absolute Gasteiger partial charge is 0.341 e. The first-order chi connectivity index (χ1) is 11.5. The van der Waals surface area contributed by atoms with Crippen LogP contribution in [0.15, 0.2) is 35.6 Å². The molecule has 2 rings (SSSR count). The van der Waals surface area contributed by atoms with E-state index in [1.165, 1.54) is 18.4 Å². The highest BCUT2D eigenvalue weighted by Crippen LogP contribution is 2.28. The van der Waals surface area contributed by atoms with Crippen LogP contribution in [0.1, 0.15) is 5.56 Å². The number of benzene rings is 1. The fraction of sp³-hybridized carbons (Fsp3) is 0.176. The van der Waals surface area contributed by atoms with Crippen LogP contribution in [-0.4, -0.2) is 29.4 Å². The molecule has 0 radical (unpaired) electrons. The number of ether oxygens (including phenoxy) is 2. The number of hydrogen-bond donors (Lipinski definition) is 1. The Morgan fingerprint density at radius 3 is 2.79 bits per heavy atom. The minimum Gasteiger partial charge on any atom is -0.493 e. The Bertz CT molecular complexity index is 925. The fourth-order valence-corrected chi connectivity index (χ4v) is 2.98. The lowest BCUT2D eigenvalue weighted by Crippen LogP contribution is -2.30. The summed E-state index contributed by atoms with van der Waals surface area (Å²) in [5.41, 5.74) is 0.605. The molecule has 1 heterocycles. The summed E-state index contributed by atoms with van der Waals surface area (Å²) in [7, 11) is 1.46. The second-order valence-corrected chi connectivity index (χ2v) is 5.92. The number of hydrogen-bond acceptors (Lipinski definition) is 5. The molecule has 0 aliphatic carbocycles. The molecular formula is C17H17NO5S. The summed E-state index contributed by atoms with van der Waals surface area (Å²) in [5.74, 6) is -0.356. The highest BCUT2D eigenvalue weighted by molar-refractivity contribution is 7.07. The lowest BCUT2D eigenvalue weighted by Gasteiger charge is -2.09. The van der Waals surface area contributed by atoms with Crippen molar-refractivity contribution >= 4 is 30.0 Å². The molecule has 0 aliphatic rings. The number of nitrogens with zero attached hydrogens (tertiary/aromatic N) is 1. The monoisotopic (exact) mass is 347 g/mol. The third-order valence-electron chi connectivity index (χ3n) is 3.13. The van der Waals surface area contributed by atoms with E-state index in [-0.39, 0.29) is 5.56 Å². The van der Waals surface area contributed by atoms with Gasteiger partial charge in [-0.3, -0.25) is 9.36 Å². The number of allylic oxidation sites excluding steroid dienone is 1. The largest absolute Gasteiger partial charge is 0.493 e. The predicted octanol–water partition coefficient (Wildman–Crippen LogP) is 0.807. The molecule has 1 aromatic heterocycles. The van der Waals surface area contributed by atoms with Crippen molar-refractivity contribution in [3.8, 4) is 11.5 Å². The van der Waals surface area contributed by atoms with E-state index in [9.17, 15) is 9.59 Å². The maximum absolute atomic E-state index is 12.3. The SMILES string of the molecule is C=CCn1c(=C)s/c(=C\c2ccc(OCC(=O)O)c(OC)c2)c1=O. The van der Waals surface area contributed by atoms with Crippen molar-refractivity contribution in [3.05, 3.63) is 56.0 Å². The molecule has 1 N–H and O–H groups in total.